The van der Waals surface area contributed by atoms with E-state index in [2.05, 4.69) is 0 Å². The van der Waals surface area contributed by atoms with Crippen LogP contribution < -0.4 is 0 Å². The van der Waals surface area contributed by atoms with Crippen LogP contribution >= 0.6 is 0 Å². The van der Waals surface area contributed by atoms with Gasteiger partial charge in [-0.3, -0.25) is 0 Å². The van der Waals surface area contributed by atoms with Gasteiger partial charge in [0.05, 0.1) is 0 Å². The van der Waals surface area contributed by atoms with Crippen molar-refractivity contribution in [1.82, 2.24) is 0 Å². The predicted octanol–water partition coefficient (Wildman–Crippen LogP) is 4.29. The minimum absolute atomic E-state index is 0.103. The zero-order chi connectivity index (χ0) is 19.3. The van der Waals surface area contributed by atoms with Crippen LogP contribution in [0.3, 0.4) is 0 Å². The number of hydrogen-bond donors (Lipinski definition) is 1. The van der Waals surface area contributed by atoms with E-state index in [0.717, 1.165) is 0 Å². The lowest BCUT2D eigenvalue weighted by atomic mass is 9.90. The molecule has 0 saturated heterocycles. The van der Waals surface area contributed by atoms with Crippen LogP contribution in [0.5, 0.6) is 0 Å². The van der Waals surface area contributed by atoms with Gasteiger partial charge < -0.3 is 5.11 Å². The number of carboxylic acid groups (broad SMARTS) is 1. The minimum atomic E-state index is -7.83. The number of carboxylic acids is 1. The van der Waals surface area contributed by atoms with Crippen molar-refractivity contribution in [3.05, 3.63) is 0 Å². The standard InChI is InChI=1S/C9H6F12O2/c1-2-4(10,11)6(14,15)8(18,19)9(20,21)7(16,17)5(12,13)3(22)23/h2H2,1H3,(H,22,23). The highest BCUT2D eigenvalue weighted by Gasteiger charge is 2.90. The molecule has 14 heteroatoms. The lowest BCUT2D eigenvalue weighted by molar-refractivity contribution is -0.421. The van der Waals surface area contributed by atoms with E-state index in [9.17, 15) is 57.5 Å². The van der Waals surface area contributed by atoms with Gasteiger partial charge in [-0.15, -0.1) is 0 Å². The average molecular weight is 374 g/mol. The van der Waals surface area contributed by atoms with E-state index in [0.29, 0.717) is 0 Å². The highest BCUT2D eigenvalue weighted by atomic mass is 19.4. The molecule has 1 N–H and O–H groups in total. The molecule has 0 aliphatic carbocycles. The number of carbonyl (C=O) groups is 1. The van der Waals surface area contributed by atoms with E-state index in [1.807, 2.05) is 0 Å². The van der Waals surface area contributed by atoms with Gasteiger partial charge in [0.2, 0.25) is 0 Å². The Morgan fingerprint density at radius 2 is 1.00 bits per heavy atom. The summed E-state index contributed by atoms with van der Waals surface area (Å²) in [5.41, 5.74) is 0. The van der Waals surface area contributed by atoms with Crippen LogP contribution in [0.1, 0.15) is 13.3 Å². The van der Waals surface area contributed by atoms with Crippen molar-refractivity contribution in [1.29, 1.82) is 0 Å². The molecule has 0 heterocycles. The fourth-order valence-corrected chi connectivity index (χ4v) is 1.18. The first kappa shape index (κ1) is 21.6. The summed E-state index contributed by atoms with van der Waals surface area (Å²) in [5, 5.41) is 7.67. The fourth-order valence-electron chi connectivity index (χ4n) is 1.18. The molecule has 0 spiro atoms. The van der Waals surface area contributed by atoms with Crippen LogP contribution in [-0.4, -0.2) is 46.6 Å². The van der Waals surface area contributed by atoms with Gasteiger partial charge in [0.15, 0.2) is 0 Å². The number of rotatable bonds is 7. The molecule has 0 radical (unpaired) electrons. The SMILES string of the molecule is CCC(F)(F)C(F)(F)C(F)(F)C(F)(F)C(F)(F)C(F)(F)C(=O)O. The third kappa shape index (κ3) is 2.58. The van der Waals surface area contributed by atoms with E-state index >= 15 is 0 Å². The summed E-state index contributed by atoms with van der Waals surface area (Å²) in [5.74, 6) is -47.3. The highest BCUT2D eigenvalue weighted by Crippen LogP contribution is 2.60. The Bertz CT molecular complexity index is 469. The summed E-state index contributed by atoms with van der Waals surface area (Å²) in [7, 11) is 0. The second-order valence-electron chi connectivity index (χ2n) is 4.24. The Hall–Kier alpha value is -1.37. The molecule has 0 atom stereocenters. The molecule has 138 valence electrons. The largest absolute Gasteiger partial charge is 0.477 e. The molecule has 0 aromatic rings. The summed E-state index contributed by atoms with van der Waals surface area (Å²) in [6.07, 6.45) is -2.23. The maximum absolute atomic E-state index is 13.0. The first-order valence-corrected chi connectivity index (χ1v) is 5.26. The molecule has 2 nitrogen and oxygen atoms in total. The number of hydrogen-bond acceptors (Lipinski definition) is 1. The maximum Gasteiger partial charge on any atom is 0.410 e. The molecule has 0 unspecified atom stereocenters. The number of halogens is 12. The average Bonchev–Trinajstić information content (AvgIpc) is 2.37. The topological polar surface area (TPSA) is 37.3 Å². The molecule has 0 bridgehead atoms. The lowest BCUT2D eigenvalue weighted by Crippen LogP contribution is -2.71. The molecule has 0 saturated carbocycles. The highest BCUT2D eigenvalue weighted by molar-refractivity contribution is 5.77. The monoisotopic (exact) mass is 374 g/mol. The Labute approximate surface area is 119 Å². The molecule has 0 aromatic heterocycles. The zero-order valence-electron chi connectivity index (χ0n) is 10.6. The van der Waals surface area contributed by atoms with E-state index in [4.69, 9.17) is 5.11 Å². The number of aliphatic carboxylic acids is 1. The fraction of sp³-hybridized carbons (Fsp3) is 0.889. The van der Waals surface area contributed by atoms with Crippen LogP contribution in [0.25, 0.3) is 0 Å². The molecule has 0 rings (SSSR count). The Morgan fingerprint density at radius 3 is 1.26 bits per heavy atom. The summed E-state index contributed by atoms with van der Waals surface area (Å²) in [4.78, 5) is 9.80. The van der Waals surface area contributed by atoms with E-state index in [1.165, 1.54) is 0 Å². The van der Waals surface area contributed by atoms with Gasteiger partial charge in [-0.05, 0) is 0 Å². The van der Waals surface area contributed by atoms with Gasteiger partial charge in [-0.2, -0.15) is 52.7 Å². The quantitative estimate of drug-likeness (QED) is 0.675. The predicted molar refractivity (Wildman–Crippen MR) is 47.6 cm³/mol. The number of alkyl halides is 12. The van der Waals surface area contributed by atoms with Crippen molar-refractivity contribution < 1.29 is 62.6 Å². The third-order valence-electron chi connectivity index (χ3n) is 2.75. The van der Waals surface area contributed by atoms with Crippen molar-refractivity contribution in [3.8, 4) is 0 Å². The van der Waals surface area contributed by atoms with Gasteiger partial charge in [-0.25, -0.2) is 4.79 Å². The second-order valence-corrected chi connectivity index (χ2v) is 4.24. The van der Waals surface area contributed by atoms with Gasteiger partial charge in [0, 0.05) is 6.42 Å². The molecule has 0 aromatic carbocycles. The van der Waals surface area contributed by atoms with Gasteiger partial charge in [-0.1, -0.05) is 6.92 Å². The summed E-state index contributed by atoms with van der Waals surface area (Å²) in [6.45, 7) is 0.103. The molecule has 23 heavy (non-hydrogen) atoms. The lowest BCUT2D eigenvalue weighted by Gasteiger charge is -2.40. The molecule has 0 fully saturated rings. The molecular formula is C9H6F12O2. The van der Waals surface area contributed by atoms with Crippen molar-refractivity contribution in [3.63, 3.8) is 0 Å². The molecule has 0 aliphatic rings. The van der Waals surface area contributed by atoms with Crippen molar-refractivity contribution >= 4 is 5.97 Å². The Morgan fingerprint density at radius 1 is 0.696 bits per heavy atom. The van der Waals surface area contributed by atoms with Gasteiger partial charge in [0.1, 0.15) is 0 Å². The van der Waals surface area contributed by atoms with E-state index in [-0.39, 0.29) is 6.92 Å². The van der Waals surface area contributed by atoms with Gasteiger partial charge in [0.25, 0.3) is 0 Å². The smallest absolute Gasteiger partial charge is 0.410 e. The summed E-state index contributed by atoms with van der Waals surface area (Å²) >= 11 is 0. The van der Waals surface area contributed by atoms with Crippen molar-refractivity contribution in [2.24, 2.45) is 0 Å². The first-order valence-electron chi connectivity index (χ1n) is 5.26. The van der Waals surface area contributed by atoms with Crippen molar-refractivity contribution in [2.45, 2.75) is 48.9 Å². The third-order valence-corrected chi connectivity index (χ3v) is 2.75. The van der Waals surface area contributed by atoms with Crippen LogP contribution in [-0.2, 0) is 4.79 Å². The zero-order valence-corrected chi connectivity index (χ0v) is 10.6. The van der Waals surface area contributed by atoms with Crippen LogP contribution in [0.4, 0.5) is 52.7 Å². The van der Waals surface area contributed by atoms with Crippen molar-refractivity contribution in [2.75, 3.05) is 0 Å². The molecule has 0 amide bonds. The minimum Gasteiger partial charge on any atom is -0.477 e. The van der Waals surface area contributed by atoms with Gasteiger partial charge >= 0.3 is 41.5 Å². The maximum atomic E-state index is 13.0. The summed E-state index contributed by atoms with van der Waals surface area (Å²) in [6, 6.07) is 0. The van der Waals surface area contributed by atoms with E-state index in [1.54, 1.807) is 0 Å². The molecular weight excluding hydrogens is 368 g/mol. The Kier molecular flexibility index (Phi) is 5.01. The van der Waals surface area contributed by atoms with Crippen LogP contribution in [0, 0.1) is 0 Å². The molecule has 0 aliphatic heterocycles. The second kappa shape index (κ2) is 5.33. The Balaban J connectivity index is 6.34. The normalized spacial score (nSPS) is 15.7. The van der Waals surface area contributed by atoms with Crippen LogP contribution in [0.2, 0.25) is 0 Å². The van der Waals surface area contributed by atoms with Crippen LogP contribution in [0.15, 0.2) is 0 Å². The summed E-state index contributed by atoms with van der Waals surface area (Å²) < 4.78 is 154. The van der Waals surface area contributed by atoms with E-state index < -0.39 is 47.9 Å². The first-order chi connectivity index (χ1) is 9.75.